The lowest BCUT2D eigenvalue weighted by Crippen LogP contribution is -2.38. The smallest absolute Gasteiger partial charge is 0.0477 e. The van der Waals surface area contributed by atoms with Gasteiger partial charge in [0.05, 0.1) is 0 Å². The molecule has 90 valence electrons. The third-order valence-corrected chi connectivity index (χ3v) is 3.88. The van der Waals surface area contributed by atoms with E-state index in [-0.39, 0.29) is 0 Å². The predicted octanol–water partition coefficient (Wildman–Crippen LogP) is 2.83. The summed E-state index contributed by atoms with van der Waals surface area (Å²) in [5, 5.41) is 3.73. The third-order valence-electron chi connectivity index (χ3n) is 3.88. The van der Waals surface area contributed by atoms with Crippen LogP contribution in [-0.2, 0) is 4.74 Å². The van der Waals surface area contributed by atoms with E-state index in [0.717, 1.165) is 13.0 Å². The minimum absolute atomic E-state index is 0.619. The van der Waals surface area contributed by atoms with Crippen molar-refractivity contribution in [2.24, 2.45) is 11.3 Å². The standard InChI is InChI=1S/C13H27NO/c1-5-13(7-8-13)10-14-12(11(2)3)6-9-15-4/h11-12,14H,5-10H2,1-4H3. The molecule has 0 aromatic heterocycles. The van der Waals surface area contributed by atoms with Crippen molar-refractivity contribution in [3.05, 3.63) is 0 Å². The number of nitrogens with one attached hydrogen (secondary N) is 1. The van der Waals surface area contributed by atoms with Gasteiger partial charge >= 0.3 is 0 Å². The van der Waals surface area contributed by atoms with Crippen LogP contribution in [0.5, 0.6) is 0 Å². The van der Waals surface area contributed by atoms with E-state index >= 15 is 0 Å². The van der Waals surface area contributed by atoms with Gasteiger partial charge in [-0.05, 0) is 37.0 Å². The lowest BCUT2D eigenvalue weighted by Gasteiger charge is -2.25. The molecule has 0 amide bonds. The zero-order valence-corrected chi connectivity index (χ0v) is 10.8. The summed E-state index contributed by atoms with van der Waals surface area (Å²) < 4.78 is 5.16. The maximum Gasteiger partial charge on any atom is 0.0477 e. The highest BCUT2D eigenvalue weighted by molar-refractivity contribution is 4.94. The number of ether oxygens (including phenoxy) is 1. The molecular weight excluding hydrogens is 186 g/mol. The Morgan fingerprint density at radius 3 is 2.40 bits per heavy atom. The predicted molar refractivity (Wildman–Crippen MR) is 65.1 cm³/mol. The van der Waals surface area contributed by atoms with Gasteiger partial charge < -0.3 is 10.1 Å². The minimum Gasteiger partial charge on any atom is -0.385 e. The van der Waals surface area contributed by atoms with Gasteiger partial charge in [0, 0.05) is 26.3 Å². The molecule has 0 aromatic carbocycles. The topological polar surface area (TPSA) is 21.3 Å². The van der Waals surface area contributed by atoms with Gasteiger partial charge in [-0.2, -0.15) is 0 Å². The van der Waals surface area contributed by atoms with Gasteiger partial charge in [0.25, 0.3) is 0 Å². The lowest BCUT2D eigenvalue weighted by atomic mass is 9.98. The second-order valence-corrected chi connectivity index (χ2v) is 5.37. The normalized spacial score (nSPS) is 20.6. The fourth-order valence-electron chi connectivity index (χ4n) is 2.10. The molecule has 2 heteroatoms. The van der Waals surface area contributed by atoms with Crippen LogP contribution in [0.2, 0.25) is 0 Å². The van der Waals surface area contributed by atoms with E-state index in [1.165, 1.54) is 25.8 Å². The molecule has 1 fully saturated rings. The second-order valence-electron chi connectivity index (χ2n) is 5.37. The quantitative estimate of drug-likeness (QED) is 0.669. The summed E-state index contributed by atoms with van der Waals surface area (Å²) in [5.74, 6) is 0.702. The molecule has 15 heavy (non-hydrogen) atoms. The van der Waals surface area contributed by atoms with Gasteiger partial charge in [0.15, 0.2) is 0 Å². The number of hydrogen-bond donors (Lipinski definition) is 1. The fourth-order valence-corrected chi connectivity index (χ4v) is 2.10. The first kappa shape index (κ1) is 13.0. The van der Waals surface area contributed by atoms with E-state index in [1.807, 2.05) is 0 Å². The van der Waals surface area contributed by atoms with Crippen LogP contribution in [0.15, 0.2) is 0 Å². The molecule has 1 rings (SSSR count). The Bertz CT molecular complexity index is 175. The Labute approximate surface area is 94.8 Å². The maximum absolute atomic E-state index is 5.16. The minimum atomic E-state index is 0.619. The molecule has 0 aromatic rings. The van der Waals surface area contributed by atoms with Gasteiger partial charge in [-0.15, -0.1) is 0 Å². The van der Waals surface area contributed by atoms with E-state index < -0.39 is 0 Å². The SMILES string of the molecule is CCC1(CNC(CCOC)C(C)C)CC1. The molecule has 0 heterocycles. The van der Waals surface area contributed by atoms with Gasteiger partial charge in [-0.1, -0.05) is 20.8 Å². The summed E-state index contributed by atoms with van der Waals surface area (Å²) in [7, 11) is 1.78. The summed E-state index contributed by atoms with van der Waals surface area (Å²) in [6.07, 6.45) is 5.31. The van der Waals surface area contributed by atoms with Crippen LogP contribution < -0.4 is 5.32 Å². The number of hydrogen-bond acceptors (Lipinski definition) is 2. The number of rotatable bonds is 8. The van der Waals surface area contributed by atoms with Gasteiger partial charge in [-0.3, -0.25) is 0 Å². The monoisotopic (exact) mass is 213 g/mol. The van der Waals surface area contributed by atoms with Crippen molar-refractivity contribution in [1.82, 2.24) is 5.32 Å². The Morgan fingerprint density at radius 1 is 1.33 bits per heavy atom. The molecule has 0 spiro atoms. The first-order valence-corrected chi connectivity index (χ1v) is 6.36. The number of methoxy groups -OCH3 is 1. The lowest BCUT2D eigenvalue weighted by molar-refractivity contribution is 0.171. The van der Waals surface area contributed by atoms with E-state index in [1.54, 1.807) is 7.11 Å². The van der Waals surface area contributed by atoms with Crippen molar-refractivity contribution in [3.63, 3.8) is 0 Å². The van der Waals surface area contributed by atoms with E-state index in [4.69, 9.17) is 4.74 Å². The molecule has 2 nitrogen and oxygen atoms in total. The zero-order valence-electron chi connectivity index (χ0n) is 10.8. The average Bonchev–Trinajstić information content (AvgIpc) is 2.98. The van der Waals surface area contributed by atoms with Crippen molar-refractivity contribution >= 4 is 0 Å². The van der Waals surface area contributed by atoms with Crippen LogP contribution in [0.3, 0.4) is 0 Å². The van der Waals surface area contributed by atoms with Gasteiger partial charge in [-0.25, -0.2) is 0 Å². The van der Waals surface area contributed by atoms with Gasteiger partial charge in [0.2, 0.25) is 0 Å². The summed E-state index contributed by atoms with van der Waals surface area (Å²) >= 11 is 0. The first-order valence-electron chi connectivity index (χ1n) is 6.36. The molecule has 1 atom stereocenters. The maximum atomic E-state index is 5.16. The molecule has 1 aliphatic carbocycles. The van der Waals surface area contributed by atoms with E-state index in [0.29, 0.717) is 17.4 Å². The van der Waals surface area contributed by atoms with Crippen molar-refractivity contribution in [2.75, 3.05) is 20.3 Å². The van der Waals surface area contributed by atoms with Crippen LogP contribution in [0, 0.1) is 11.3 Å². The average molecular weight is 213 g/mol. The largest absolute Gasteiger partial charge is 0.385 e. The van der Waals surface area contributed by atoms with Crippen molar-refractivity contribution in [3.8, 4) is 0 Å². The molecule has 0 aliphatic heterocycles. The summed E-state index contributed by atoms with van der Waals surface area (Å²) in [6, 6.07) is 0.619. The van der Waals surface area contributed by atoms with Gasteiger partial charge in [0.1, 0.15) is 0 Å². The first-order chi connectivity index (χ1) is 7.13. The molecular formula is C13H27NO. The second kappa shape index (κ2) is 5.86. The highest BCUT2D eigenvalue weighted by Gasteiger charge is 2.40. The van der Waals surface area contributed by atoms with Crippen LogP contribution >= 0.6 is 0 Å². The molecule has 1 aliphatic rings. The van der Waals surface area contributed by atoms with E-state index in [2.05, 4.69) is 26.1 Å². The highest BCUT2D eigenvalue weighted by Crippen LogP contribution is 2.48. The Morgan fingerprint density at radius 2 is 2.00 bits per heavy atom. The van der Waals surface area contributed by atoms with Crippen LogP contribution in [0.25, 0.3) is 0 Å². The summed E-state index contributed by atoms with van der Waals surface area (Å²) in [5.41, 5.74) is 0.653. The Hall–Kier alpha value is -0.0800. The Kier molecular flexibility index (Phi) is 5.07. The summed E-state index contributed by atoms with van der Waals surface area (Å²) in [4.78, 5) is 0. The third kappa shape index (κ3) is 4.12. The molecule has 0 saturated heterocycles. The van der Waals surface area contributed by atoms with E-state index in [9.17, 15) is 0 Å². The molecule has 1 unspecified atom stereocenters. The molecule has 0 radical (unpaired) electrons. The van der Waals surface area contributed by atoms with Crippen molar-refractivity contribution < 1.29 is 4.74 Å². The van der Waals surface area contributed by atoms with Crippen molar-refractivity contribution in [1.29, 1.82) is 0 Å². The molecule has 0 bridgehead atoms. The van der Waals surface area contributed by atoms with Crippen LogP contribution in [0.4, 0.5) is 0 Å². The molecule has 1 saturated carbocycles. The Balaban J connectivity index is 2.25. The zero-order chi connectivity index (χ0) is 11.3. The highest BCUT2D eigenvalue weighted by atomic mass is 16.5. The fraction of sp³-hybridized carbons (Fsp3) is 1.00. The summed E-state index contributed by atoms with van der Waals surface area (Å²) in [6.45, 7) is 8.97. The van der Waals surface area contributed by atoms with Crippen LogP contribution in [-0.4, -0.2) is 26.3 Å². The van der Waals surface area contributed by atoms with Crippen molar-refractivity contribution in [2.45, 2.75) is 52.5 Å². The molecule has 1 N–H and O–H groups in total. The van der Waals surface area contributed by atoms with Crippen LogP contribution in [0.1, 0.15) is 46.5 Å².